The molecule has 3 rings (SSSR count). The van der Waals surface area contributed by atoms with Crippen LogP contribution in [0.1, 0.15) is 25.7 Å². The van der Waals surface area contributed by atoms with Crippen LogP contribution in [0.5, 0.6) is 0 Å². The second-order valence-corrected chi connectivity index (χ2v) is 6.10. The lowest BCUT2D eigenvalue weighted by atomic mass is 9.92. The van der Waals surface area contributed by atoms with Crippen LogP contribution in [0.4, 0.5) is 19.1 Å². The van der Waals surface area contributed by atoms with Crippen LogP contribution >= 0.6 is 0 Å². The zero-order valence-electron chi connectivity index (χ0n) is 12.7. The molecular formula is C15H19F3N4O. The Hall–Kier alpha value is -1.86. The van der Waals surface area contributed by atoms with Crippen molar-refractivity contribution >= 4 is 11.9 Å². The summed E-state index contributed by atoms with van der Waals surface area (Å²) in [4.78, 5) is 24.2. The first-order valence-corrected chi connectivity index (χ1v) is 7.82. The summed E-state index contributed by atoms with van der Waals surface area (Å²) in [6.45, 7) is 1.96. The van der Waals surface area contributed by atoms with Crippen molar-refractivity contribution in [1.29, 1.82) is 0 Å². The minimum absolute atomic E-state index is 0.0340. The van der Waals surface area contributed by atoms with E-state index < -0.39 is 24.9 Å². The van der Waals surface area contributed by atoms with Crippen LogP contribution in [-0.4, -0.2) is 52.6 Å². The molecule has 0 aliphatic carbocycles. The Morgan fingerprint density at radius 1 is 1.22 bits per heavy atom. The predicted molar refractivity (Wildman–Crippen MR) is 77.8 cm³/mol. The van der Waals surface area contributed by atoms with Gasteiger partial charge < -0.3 is 9.80 Å². The maximum absolute atomic E-state index is 12.3. The van der Waals surface area contributed by atoms with E-state index in [1.165, 1.54) is 0 Å². The van der Waals surface area contributed by atoms with E-state index in [0.717, 1.165) is 19.4 Å². The number of rotatable bonds is 3. The lowest BCUT2D eigenvalue weighted by molar-refractivity contribution is -0.149. The van der Waals surface area contributed by atoms with Gasteiger partial charge in [0.15, 0.2) is 0 Å². The number of carbonyl (C=O) groups excluding carboxylic acids is 1. The maximum Gasteiger partial charge on any atom is 0.389 e. The number of halogens is 3. The first-order valence-electron chi connectivity index (χ1n) is 7.82. The fourth-order valence-electron chi connectivity index (χ4n) is 3.48. The number of carbonyl (C=O) groups is 1. The van der Waals surface area contributed by atoms with E-state index in [4.69, 9.17) is 0 Å². The number of piperidine rings is 1. The van der Waals surface area contributed by atoms with Gasteiger partial charge in [0.05, 0.1) is 12.5 Å². The highest BCUT2D eigenvalue weighted by molar-refractivity contribution is 5.77. The third-order valence-electron chi connectivity index (χ3n) is 4.64. The lowest BCUT2D eigenvalue weighted by Crippen LogP contribution is -2.50. The molecule has 0 spiro atoms. The van der Waals surface area contributed by atoms with Gasteiger partial charge in [-0.05, 0) is 24.8 Å². The average molecular weight is 328 g/mol. The molecule has 1 amide bonds. The van der Waals surface area contributed by atoms with Crippen LogP contribution in [0.2, 0.25) is 0 Å². The largest absolute Gasteiger partial charge is 0.389 e. The number of fused-ring (bicyclic) bond motifs is 1. The molecular weight excluding hydrogens is 309 g/mol. The zero-order chi connectivity index (χ0) is 16.4. The van der Waals surface area contributed by atoms with Gasteiger partial charge in [0.2, 0.25) is 11.9 Å². The van der Waals surface area contributed by atoms with E-state index in [1.54, 1.807) is 23.4 Å². The smallest absolute Gasteiger partial charge is 0.339 e. The molecule has 5 nitrogen and oxygen atoms in total. The van der Waals surface area contributed by atoms with Gasteiger partial charge in [0.1, 0.15) is 0 Å². The number of hydrogen-bond acceptors (Lipinski definition) is 4. The van der Waals surface area contributed by atoms with Gasteiger partial charge in [0, 0.05) is 38.4 Å². The van der Waals surface area contributed by atoms with Crippen LogP contribution in [-0.2, 0) is 4.79 Å². The van der Waals surface area contributed by atoms with Crippen molar-refractivity contribution in [3.63, 3.8) is 0 Å². The monoisotopic (exact) mass is 328 g/mol. The lowest BCUT2D eigenvalue weighted by Gasteiger charge is -2.38. The summed E-state index contributed by atoms with van der Waals surface area (Å²) >= 11 is 0. The summed E-state index contributed by atoms with van der Waals surface area (Å²) in [5.41, 5.74) is 0. The number of nitrogens with zero attached hydrogens (tertiary/aromatic N) is 4. The zero-order valence-corrected chi connectivity index (χ0v) is 12.7. The molecule has 0 aromatic carbocycles. The Morgan fingerprint density at radius 3 is 2.61 bits per heavy atom. The predicted octanol–water partition coefficient (Wildman–Crippen LogP) is 2.25. The molecule has 2 atom stereocenters. The Kier molecular flexibility index (Phi) is 4.41. The molecule has 126 valence electrons. The van der Waals surface area contributed by atoms with E-state index in [-0.39, 0.29) is 6.04 Å². The molecule has 2 fully saturated rings. The molecule has 23 heavy (non-hydrogen) atoms. The van der Waals surface area contributed by atoms with E-state index in [2.05, 4.69) is 9.97 Å². The van der Waals surface area contributed by atoms with E-state index in [0.29, 0.717) is 25.0 Å². The fraction of sp³-hybridized carbons (Fsp3) is 0.667. The topological polar surface area (TPSA) is 49.3 Å². The standard InChI is InChI=1S/C15H19F3N4O/c16-15(17,18)5-2-13(23)22-9-4-11-3-8-21(10-12(11)22)14-19-6-1-7-20-14/h1,6-7,11-12H,2-5,8-10H2. The highest BCUT2D eigenvalue weighted by Crippen LogP contribution is 2.33. The first kappa shape index (κ1) is 16.0. The normalized spacial score (nSPS) is 24.7. The Morgan fingerprint density at radius 2 is 1.91 bits per heavy atom. The molecule has 8 heteroatoms. The number of hydrogen-bond donors (Lipinski definition) is 0. The fourth-order valence-corrected chi connectivity index (χ4v) is 3.48. The molecule has 0 N–H and O–H groups in total. The van der Waals surface area contributed by atoms with Crippen molar-refractivity contribution in [1.82, 2.24) is 14.9 Å². The highest BCUT2D eigenvalue weighted by Gasteiger charge is 2.41. The van der Waals surface area contributed by atoms with E-state index >= 15 is 0 Å². The second kappa shape index (κ2) is 6.33. The number of amides is 1. The van der Waals surface area contributed by atoms with Crippen molar-refractivity contribution < 1.29 is 18.0 Å². The Balaban J connectivity index is 1.64. The molecule has 0 radical (unpaired) electrons. The molecule has 2 saturated heterocycles. The third-order valence-corrected chi connectivity index (χ3v) is 4.64. The number of anilines is 1. The summed E-state index contributed by atoms with van der Waals surface area (Å²) in [5, 5.41) is 0. The van der Waals surface area contributed by atoms with Crippen molar-refractivity contribution in [2.24, 2.45) is 5.92 Å². The van der Waals surface area contributed by atoms with Crippen LogP contribution < -0.4 is 4.90 Å². The van der Waals surface area contributed by atoms with Gasteiger partial charge in [-0.25, -0.2) is 9.97 Å². The maximum atomic E-state index is 12.3. The molecule has 2 aliphatic heterocycles. The van der Waals surface area contributed by atoms with Crippen molar-refractivity contribution in [2.75, 3.05) is 24.5 Å². The Bertz CT molecular complexity index is 551. The molecule has 2 aliphatic rings. The number of aromatic nitrogens is 2. The van der Waals surface area contributed by atoms with Gasteiger partial charge in [-0.15, -0.1) is 0 Å². The minimum atomic E-state index is -4.29. The van der Waals surface area contributed by atoms with Crippen LogP contribution in [0.3, 0.4) is 0 Å². The minimum Gasteiger partial charge on any atom is -0.339 e. The van der Waals surface area contributed by atoms with Gasteiger partial charge >= 0.3 is 6.18 Å². The number of alkyl halides is 3. The van der Waals surface area contributed by atoms with Crippen molar-refractivity contribution in [2.45, 2.75) is 37.9 Å². The van der Waals surface area contributed by atoms with E-state index in [1.807, 2.05) is 4.90 Å². The molecule has 3 heterocycles. The average Bonchev–Trinajstić information content (AvgIpc) is 2.96. The quantitative estimate of drug-likeness (QED) is 0.854. The molecule has 1 aromatic heterocycles. The van der Waals surface area contributed by atoms with Gasteiger partial charge in [-0.2, -0.15) is 13.2 Å². The number of likely N-dealkylation sites (tertiary alicyclic amines) is 1. The van der Waals surface area contributed by atoms with Gasteiger partial charge in [0.25, 0.3) is 0 Å². The highest BCUT2D eigenvalue weighted by atomic mass is 19.4. The second-order valence-electron chi connectivity index (χ2n) is 6.10. The van der Waals surface area contributed by atoms with Crippen molar-refractivity contribution in [3.05, 3.63) is 18.5 Å². The SMILES string of the molecule is O=C(CCC(F)(F)F)N1CCC2CCN(c3ncccn3)CC21. The van der Waals surface area contributed by atoms with E-state index in [9.17, 15) is 18.0 Å². The van der Waals surface area contributed by atoms with Crippen molar-refractivity contribution in [3.8, 4) is 0 Å². The summed E-state index contributed by atoms with van der Waals surface area (Å²) in [6, 6.07) is 1.70. The van der Waals surface area contributed by atoms with Crippen LogP contribution in [0, 0.1) is 5.92 Å². The third kappa shape index (κ3) is 3.73. The molecule has 0 saturated carbocycles. The molecule has 2 unspecified atom stereocenters. The summed E-state index contributed by atoms with van der Waals surface area (Å²) in [5.74, 6) is 0.580. The van der Waals surface area contributed by atoms with Gasteiger partial charge in [-0.3, -0.25) is 4.79 Å². The summed E-state index contributed by atoms with van der Waals surface area (Å²) in [7, 11) is 0. The van der Waals surface area contributed by atoms with Gasteiger partial charge in [-0.1, -0.05) is 0 Å². The molecule has 1 aromatic rings. The Labute approximate surface area is 132 Å². The summed E-state index contributed by atoms with van der Waals surface area (Å²) in [6.07, 6.45) is -0.701. The molecule has 0 bridgehead atoms. The van der Waals surface area contributed by atoms with Crippen LogP contribution in [0.15, 0.2) is 18.5 Å². The van der Waals surface area contributed by atoms with Crippen LogP contribution in [0.25, 0.3) is 0 Å². The first-order chi connectivity index (χ1) is 10.9. The summed E-state index contributed by atoms with van der Waals surface area (Å²) < 4.78 is 37.0.